The molecule has 0 N–H and O–H groups in total. The lowest BCUT2D eigenvalue weighted by Gasteiger charge is -2.12. The van der Waals surface area contributed by atoms with Crippen LogP contribution in [-0.2, 0) is 6.61 Å². The number of ether oxygens (including phenoxy) is 2. The molecule has 0 bridgehead atoms. The molecule has 4 aromatic carbocycles. The summed E-state index contributed by atoms with van der Waals surface area (Å²) in [5.74, 6) is 1.27. The summed E-state index contributed by atoms with van der Waals surface area (Å²) < 4.78 is 14.0. The number of thiazole rings is 1. The van der Waals surface area contributed by atoms with Crippen molar-refractivity contribution in [1.29, 1.82) is 0 Å². The molecule has 0 atom stereocenters. The van der Waals surface area contributed by atoms with E-state index >= 15 is 0 Å². The van der Waals surface area contributed by atoms with Crippen LogP contribution in [0.2, 0.25) is 0 Å². The van der Waals surface area contributed by atoms with Gasteiger partial charge in [0.25, 0.3) is 5.56 Å². The molecule has 0 aliphatic carbocycles. The standard InChI is InChI=1S/C28H20N2O3S/c1-32-25-15-18(16-26-27(31)30-23-12-5-4-11-22(23)29-28(30)34-26)13-14-24(25)33-17-20-9-6-8-19-7-2-3-10-21(19)20/h2-16H,17H2,1H3/b26-16+. The molecular formula is C28H20N2O3S. The van der Waals surface area contributed by atoms with E-state index in [-0.39, 0.29) is 5.56 Å². The Morgan fingerprint density at radius 1 is 0.941 bits per heavy atom. The van der Waals surface area contributed by atoms with Crippen LogP contribution in [0.3, 0.4) is 0 Å². The molecule has 0 saturated heterocycles. The molecule has 0 unspecified atom stereocenters. The maximum absolute atomic E-state index is 13.0. The van der Waals surface area contributed by atoms with E-state index in [2.05, 4.69) is 29.2 Å². The van der Waals surface area contributed by atoms with Gasteiger partial charge < -0.3 is 9.47 Å². The first kappa shape index (κ1) is 20.4. The topological polar surface area (TPSA) is 52.8 Å². The first-order valence-corrected chi connectivity index (χ1v) is 11.7. The highest BCUT2D eigenvalue weighted by Gasteiger charge is 2.11. The van der Waals surface area contributed by atoms with E-state index in [4.69, 9.17) is 9.47 Å². The van der Waals surface area contributed by atoms with Crippen LogP contribution in [0.15, 0.2) is 89.7 Å². The van der Waals surface area contributed by atoms with Crippen molar-refractivity contribution in [1.82, 2.24) is 9.38 Å². The average molecular weight is 465 g/mol. The largest absolute Gasteiger partial charge is 0.493 e. The van der Waals surface area contributed by atoms with Crippen LogP contribution in [0.5, 0.6) is 11.5 Å². The Balaban J connectivity index is 1.32. The molecule has 34 heavy (non-hydrogen) atoms. The zero-order valence-electron chi connectivity index (χ0n) is 18.4. The van der Waals surface area contributed by atoms with Gasteiger partial charge in [0, 0.05) is 0 Å². The Bertz CT molecular complexity index is 1780. The van der Waals surface area contributed by atoms with Crippen molar-refractivity contribution in [2.24, 2.45) is 0 Å². The van der Waals surface area contributed by atoms with Crippen molar-refractivity contribution < 1.29 is 9.47 Å². The van der Waals surface area contributed by atoms with Gasteiger partial charge in [-0.15, -0.1) is 0 Å². The lowest BCUT2D eigenvalue weighted by atomic mass is 10.1. The van der Waals surface area contributed by atoms with Crippen molar-refractivity contribution >= 4 is 44.2 Å². The van der Waals surface area contributed by atoms with E-state index < -0.39 is 0 Å². The van der Waals surface area contributed by atoms with Crippen LogP contribution >= 0.6 is 11.3 Å². The third kappa shape index (κ3) is 3.49. The van der Waals surface area contributed by atoms with E-state index in [0.717, 1.165) is 22.2 Å². The van der Waals surface area contributed by atoms with E-state index in [1.54, 1.807) is 11.5 Å². The van der Waals surface area contributed by atoms with Crippen LogP contribution in [0.4, 0.5) is 0 Å². The Morgan fingerprint density at radius 3 is 2.68 bits per heavy atom. The third-order valence-corrected chi connectivity index (χ3v) is 6.86. The molecule has 6 rings (SSSR count). The summed E-state index contributed by atoms with van der Waals surface area (Å²) in [5.41, 5.74) is 3.56. The minimum absolute atomic E-state index is 0.0658. The smallest absolute Gasteiger partial charge is 0.274 e. The van der Waals surface area contributed by atoms with Gasteiger partial charge in [-0.3, -0.25) is 4.79 Å². The number of hydrogen-bond donors (Lipinski definition) is 0. The fourth-order valence-electron chi connectivity index (χ4n) is 4.23. The van der Waals surface area contributed by atoms with Gasteiger partial charge in [-0.25, -0.2) is 9.38 Å². The van der Waals surface area contributed by atoms with Gasteiger partial charge >= 0.3 is 0 Å². The third-order valence-electron chi connectivity index (χ3n) is 5.89. The van der Waals surface area contributed by atoms with E-state index in [0.29, 0.717) is 27.6 Å². The maximum atomic E-state index is 13.0. The van der Waals surface area contributed by atoms with Gasteiger partial charge in [-0.2, -0.15) is 0 Å². The van der Waals surface area contributed by atoms with Crippen molar-refractivity contribution in [3.05, 3.63) is 111 Å². The van der Waals surface area contributed by atoms with E-state index in [1.807, 2.05) is 66.7 Å². The lowest BCUT2D eigenvalue weighted by molar-refractivity contribution is 0.285. The molecule has 2 heterocycles. The van der Waals surface area contributed by atoms with Gasteiger partial charge in [-0.05, 0) is 52.2 Å². The molecule has 0 spiro atoms. The molecule has 6 heteroatoms. The molecule has 0 amide bonds. The summed E-state index contributed by atoms with van der Waals surface area (Å²) in [6, 6.07) is 27.8. The number of hydrogen-bond acceptors (Lipinski definition) is 5. The Labute approximate surface area is 199 Å². The fourth-order valence-corrected chi connectivity index (χ4v) is 5.22. The number of methoxy groups -OCH3 is 1. The summed E-state index contributed by atoms with van der Waals surface area (Å²) >= 11 is 1.38. The van der Waals surface area contributed by atoms with Gasteiger partial charge in [0.1, 0.15) is 6.61 Å². The minimum Gasteiger partial charge on any atom is -0.493 e. The van der Waals surface area contributed by atoms with Gasteiger partial charge in [0.2, 0.25) is 0 Å². The van der Waals surface area contributed by atoms with E-state index in [1.165, 1.54) is 22.1 Å². The second-order valence-corrected chi connectivity index (χ2v) is 8.98. The molecule has 5 nitrogen and oxygen atoms in total. The Morgan fingerprint density at radius 2 is 1.76 bits per heavy atom. The average Bonchev–Trinajstić information content (AvgIpc) is 3.39. The molecule has 0 radical (unpaired) electrons. The maximum Gasteiger partial charge on any atom is 0.274 e. The summed E-state index contributed by atoms with van der Waals surface area (Å²) in [7, 11) is 1.62. The van der Waals surface area contributed by atoms with Crippen molar-refractivity contribution in [3.8, 4) is 11.5 Å². The monoisotopic (exact) mass is 464 g/mol. The zero-order valence-corrected chi connectivity index (χ0v) is 19.2. The molecule has 0 fully saturated rings. The summed E-state index contributed by atoms with van der Waals surface area (Å²) in [6.07, 6.45) is 1.87. The normalized spacial score (nSPS) is 12.1. The highest BCUT2D eigenvalue weighted by molar-refractivity contribution is 7.15. The summed E-state index contributed by atoms with van der Waals surface area (Å²) in [5, 5.41) is 2.36. The van der Waals surface area contributed by atoms with Crippen molar-refractivity contribution in [2.75, 3.05) is 7.11 Å². The fraction of sp³-hybridized carbons (Fsp3) is 0.0714. The highest BCUT2D eigenvalue weighted by Crippen LogP contribution is 2.30. The molecule has 0 aliphatic heterocycles. The van der Waals surface area contributed by atoms with Gasteiger partial charge in [0.05, 0.1) is 22.7 Å². The van der Waals surface area contributed by atoms with Crippen molar-refractivity contribution in [3.63, 3.8) is 0 Å². The summed E-state index contributed by atoms with van der Waals surface area (Å²) in [4.78, 5) is 18.3. The number of para-hydroxylation sites is 2. The number of nitrogens with zero attached hydrogens (tertiary/aromatic N) is 2. The Kier molecular flexibility index (Phi) is 5.00. The highest BCUT2D eigenvalue weighted by atomic mass is 32.1. The first-order valence-electron chi connectivity index (χ1n) is 10.9. The van der Waals surface area contributed by atoms with Crippen LogP contribution in [0.1, 0.15) is 11.1 Å². The second kappa shape index (κ2) is 8.32. The predicted octanol–water partition coefficient (Wildman–Crippen LogP) is 5.20. The second-order valence-electron chi connectivity index (χ2n) is 7.97. The molecule has 0 saturated carbocycles. The van der Waals surface area contributed by atoms with Gasteiger partial charge in [0.15, 0.2) is 16.5 Å². The van der Waals surface area contributed by atoms with Crippen LogP contribution < -0.4 is 19.6 Å². The van der Waals surface area contributed by atoms with Crippen LogP contribution in [0.25, 0.3) is 32.8 Å². The van der Waals surface area contributed by atoms with Crippen LogP contribution in [0, 0.1) is 0 Å². The Hall–Kier alpha value is -4.16. The number of fused-ring (bicyclic) bond motifs is 4. The minimum atomic E-state index is -0.0658. The number of benzene rings is 4. The molecule has 6 aromatic rings. The number of rotatable bonds is 5. The quantitative estimate of drug-likeness (QED) is 0.352. The lowest BCUT2D eigenvalue weighted by Crippen LogP contribution is -2.22. The van der Waals surface area contributed by atoms with E-state index in [9.17, 15) is 4.79 Å². The van der Waals surface area contributed by atoms with Crippen LogP contribution in [-0.4, -0.2) is 16.5 Å². The molecule has 166 valence electrons. The molecular weight excluding hydrogens is 444 g/mol. The predicted molar refractivity (Wildman–Crippen MR) is 137 cm³/mol. The van der Waals surface area contributed by atoms with Crippen molar-refractivity contribution in [2.45, 2.75) is 6.61 Å². The number of imidazole rings is 1. The van der Waals surface area contributed by atoms with Gasteiger partial charge in [-0.1, -0.05) is 72.0 Å². The molecule has 0 aliphatic rings. The zero-order chi connectivity index (χ0) is 23.1. The SMILES string of the molecule is COc1cc(/C=c2/sc3nc4ccccc4n3c2=O)ccc1OCc1cccc2ccccc12. The first-order chi connectivity index (χ1) is 16.7. The number of aromatic nitrogens is 2. The summed E-state index contributed by atoms with van der Waals surface area (Å²) in [6.45, 7) is 0.431. The molecule has 2 aromatic heterocycles.